The van der Waals surface area contributed by atoms with Crippen LogP contribution in [0.5, 0.6) is 0 Å². The molecule has 1 aromatic carbocycles. The zero-order chi connectivity index (χ0) is 14.0. The summed E-state index contributed by atoms with van der Waals surface area (Å²) in [5, 5.41) is 0. The molecule has 1 amide bonds. The van der Waals surface area contributed by atoms with Crippen LogP contribution in [-0.2, 0) is 10.2 Å². The third kappa shape index (κ3) is 3.58. The van der Waals surface area contributed by atoms with Crippen molar-refractivity contribution in [1.29, 1.82) is 0 Å². The highest BCUT2D eigenvalue weighted by Gasteiger charge is 2.37. The Bertz CT molecular complexity index is 412. The van der Waals surface area contributed by atoms with E-state index in [9.17, 15) is 4.79 Å². The molecule has 0 unspecified atom stereocenters. The molecule has 99 valence electrons. The minimum atomic E-state index is -0.552. The average Bonchev–Trinajstić information content (AvgIpc) is 2.27. The molecule has 0 bridgehead atoms. The number of hydrogen-bond donors (Lipinski definition) is 0. The summed E-state index contributed by atoms with van der Waals surface area (Å²) < 4.78 is 0. The van der Waals surface area contributed by atoms with Gasteiger partial charge in [0.05, 0.1) is 0 Å². The highest BCUT2D eigenvalue weighted by molar-refractivity contribution is 9.10. The predicted octanol–water partition coefficient (Wildman–Crippen LogP) is 3.95. The molecule has 0 saturated carbocycles. The molecule has 0 aliphatic carbocycles. The topological polar surface area (TPSA) is 40.9 Å². The van der Waals surface area contributed by atoms with Crippen molar-refractivity contribution in [2.75, 3.05) is 0 Å². The lowest BCUT2D eigenvalue weighted by Gasteiger charge is -2.37. The van der Waals surface area contributed by atoms with Crippen LogP contribution in [0.4, 0.5) is 0 Å². The van der Waals surface area contributed by atoms with Crippen molar-refractivity contribution >= 4 is 21.8 Å². The third-order valence-electron chi connectivity index (χ3n) is 3.37. The van der Waals surface area contributed by atoms with E-state index in [1.165, 1.54) is 5.56 Å². The van der Waals surface area contributed by atoms with Crippen molar-refractivity contribution in [2.45, 2.75) is 44.4 Å². The Kier molecular flexibility index (Phi) is 4.60. The smallest absolute Gasteiger partial charge is 0.252 e. The van der Waals surface area contributed by atoms with Crippen molar-refractivity contribution in [3.05, 3.63) is 35.9 Å². The fourth-order valence-electron chi connectivity index (χ4n) is 2.57. The van der Waals surface area contributed by atoms with Crippen LogP contribution in [0.1, 0.15) is 39.7 Å². The molecule has 0 aliphatic heterocycles. The summed E-state index contributed by atoms with van der Waals surface area (Å²) in [5.74, 6) is -0.552. The Balaban J connectivity index is 2.92. The van der Waals surface area contributed by atoms with Crippen LogP contribution in [0.2, 0.25) is 0 Å². The predicted molar refractivity (Wildman–Crippen MR) is 78.7 cm³/mol. The number of rotatable bonds is 5. The van der Waals surface area contributed by atoms with Crippen molar-refractivity contribution in [2.24, 2.45) is 5.41 Å². The third-order valence-corrected chi connectivity index (χ3v) is 5.02. The molecule has 2 nitrogen and oxygen atoms in total. The summed E-state index contributed by atoms with van der Waals surface area (Å²) in [7, 11) is 0. The number of amides is 1. The first-order chi connectivity index (χ1) is 8.17. The average molecular weight is 311 g/mol. The second-order valence-electron chi connectivity index (χ2n) is 6.14. The number of halogens is 1. The summed E-state index contributed by atoms with van der Waals surface area (Å²) in [6, 6.07) is 10.3. The Morgan fingerprint density at radius 2 is 1.72 bits per heavy atom. The number of carbonyl (C=O) groups excluding carboxylic acids is 1. The molecule has 18 heavy (non-hydrogen) atoms. The molecule has 0 fully saturated rings. The Hall–Kier alpha value is -0.830. The van der Waals surface area contributed by atoms with Crippen molar-refractivity contribution in [3.8, 4) is 0 Å². The van der Waals surface area contributed by atoms with Gasteiger partial charge < -0.3 is 0 Å². The van der Waals surface area contributed by atoms with Crippen molar-refractivity contribution in [1.82, 2.24) is 5.73 Å². The minimum absolute atomic E-state index is 0.0216. The van der Waals surface area contributed by atoms with E-state index in [-0.39, 0.29) is 10.8 Å². The highest BCUT2D eigenvalue weighted by Crippen LogP contribution is 2.40. The van der Waals surface area contributed by atoms with Crippen molar-refractivity contribution < 1.29 is 4.79 Å². The molecule has 0 spiro atoms. The normalized spacial score (nSPS) is 14.3. The first kappa shape index (κ1) is 15.2. The summed E-state index contributed by atoms with van der Waals surface area (Å²) in [5.41, 5.74) is 8.25. The summed E-state index contributed by atoms with van der Waals surface area (Å²) in [6.45, 7) is 8.42. The maximum Gasteiger partial charge on any atom is 0.252 e. The molecule has 1 aromatic rings. The Morgan fingerprint density at radius 1 is 1.22 bits per heavy atom. The van der Waals surface area contributed by atoms with E-state index in [0.717, 1.165) is 6.42 Å². The van der Waals surface area contributed by atoms with Crippen LogP contribution in [0.3, 0.4) is 0 Å². The molecule has 1 N–H and O–H groups in total. The van der Waals surface area contributed by atoms with Gasteiger partial charge in [-0.3, -0.25) is 10.5 Å². The summed E-state index contributed by atoms with van der Waals surface area (Å²) >= 11 is 3.35. The van der Waals surface area contributed by atoms with Gasteiger partial charge >= 0.3 is 0 Å². The van der Waals surface area contributed by atoms with Gasteiger partial charge in [-0.1, -0.05) is 74.0 Å². The van der Waals surface area contributed by atoms with Gasteiger partial charge in [0.25, 0.3) is 5.91 Å². The molecule has 1 atom stereocenters. The Morgan fingerprint density at radius 3 is 2.17 bits per heavy atom. The van der Waals surface area contributed by atoms with E-state index in [0.29, 0.717) is 0 Å². The largest absolute Gasteiger partial charge is 0.272 e. The molecular formula is C15H21BrNO. The van der Waals surface area contributed by atoms with Gasteiger partial charge in [-0.05, 0) is 22.8 Å². The van der Waals surface area contributed by atoms with Gasteiger partial charge in [0.1, 0.15) is 4.83 Å². The number of benzene rings is 1. The van der Waals surface area contributed by atoms with E-state index in [1.54, 1.807) is 0 Å². The van der Waals surface area contributed by atoms with Gasteiger partial charge in [0.2, 0.25) is 0 Å². The highest BCUT2D eigenvalue weighted by atomic mass is 79.9. The van der Waals surface area contributed by atoms with E-state index >= 15 is 0 Å². The molecule has 1 radical (unpaired) electrons. The van der Waals surface area contributed by atoms with E-state index in [4.69, 9.17) is 5.73 Å². The molecule has 1 rings (SSSR count). The van der Waals surface area contributed by atoms with E-state index in [2.05, 4.69) is 41.9 Å². The number of alkyl halides is 1. The maximum absolute atomic E-state index is 11.2. The quantitative estimate of drug-likeness (QED) is 0.759. The second-order valence-corrected chi connectivity index (χ2v) is 7.06. The van der Waals surface area contributed by atoms with Crippen LogP contribution in [0.15, 0.2) is 30.3 Å². The number of nitrogens with one attached hydrogen (secondary N) is 1. The van der Waals surface area contributed by atoms with Gasteiger partial charge in [0, 0.05) is 0 Å². The van der Waals surface area contributed by atoms with Crippen LogP contribution < -0.4 is 5.73 Å². The molecule has 0 heterocycles. The summed E-state index contributed by atoms with van der Waals surface area (Å²) in [6.07, 6.45) is 0.838. The minimum Gasteiger partial charge on any atom is -0.272 e. The van der Waals surface area contributed by atoms with E-state index < -0.39 is 10.7 Å². The maximum atomic E-state index is 11.2. The van der Waals surface area contributed by atoms with E-state index in [1.807, 2.05) is 32.0 Å². The van der Waals surface area contributed by atoms with Crippen LogP contribution in [0.25, 0.3) is 0 Å². The van der Waals surface area contributed by atoms with Crippen LogP contribution in [0, 0.1) is 5.41 Å². The lowest BCUT2D eigenvalue weighted by atomic mass is 9.70. The Labute approximate surface area is 118 Å². The number of carbonyl (C=O) groups is 1. The monoisotopic (exact) mass is 310 g/mol. The molecule has 3 heteroatoms. The first-order valence-electron chi connectivity index (χ1n) is 6.12. The lowest BCUT2D eigenvalue weighted by molar-refractivity contribution is -0.119. The van der Waals surface area contributed by atoms with Crippen molar-refractivity contribution in [3.63, 3.8) is 0 Å². The molecule has 0 aromatic heterocycles. The van der Waals surface area contributed by atoms with Gasteiger partial charge in [-0.15, -0.1) is 0 Å². The van der Waals surface area contributed by atoms with Gasteiger partial charge in [0.15, 0.2) is 0 Å². The van der Waals surface area contributed by atoms with Gasteiger partial charge in [-0.25, -0.2) is 0 Å². The molecule has 0 saturated heterocycles. The fraction of sp³-hybridized carbons (Fsp3) is 0.533. The zero-order valence-corrected chi connectivity index (χ0v) is 13.0. The summed E-state index contributed by atoms with van der Waals surface area (Å²) in [4.78, 5) is 10.8. The standard InChI is InChI=1S/C15H21BrNO/c1-14(2,11-8-6-5-7-9-11)10-15(3,4)12(16)13(17)18/h5-9,12,17H,10H2,1-4H3/t12-/m1/s1. The first-order valence-corrected chi connectivity index (χ1v) is 7.03. The molecular weight excluding hydrogens is 290 g/mol. The SMILES string of the molecule is CC(C)(CC(C)(C)[C@H](Br)C([NH])=O)c1ccccc1. The molecule has 0 aliphatic rings. The van der Waals surface area contributed by atoms with Crippen LogP contribution >= 0.6 is 15.9 Å². The second kappa shape index (κ2) is 5.43. The van der Waals surface area contributed by atoms with Gasteiger partial charge in [-0.2, -0.15) is 0 Å². The zero-order valence-electron chi connectivity index (χ0n) is 11.5. The lowest BCUT2D eigenvalue weighted by Crippen LogP contribution is -2.37. The van der Waals surface area contributed by atoms with Crippen LogP contribution in [-0.4, -0.2) is 10.7 Å². The fourth-order valence-corrected chi connectivity index (χ4v) is 2.74. The number of hydrogen-bond acceptors (Lipinski definition) is 1.